The van der Waals surface area contributed by atoms with Crippen molar-refractivity contribution in [2.24, 2.45) is 0 Å². The highest BCUT2D eigenvalue weighted by atomic mass is 32.1. The molecule has 0 unspecified atom stereocenters. The van der Waals surface area contributed by atoms with Gasteiger partial charge in [0, 0.05) is 18.7 Å². The molecule has 1 saturated heterocycles. The van der Waals surface area contributed by atoms with Crippen molar-refractivity contribution in [1.82, 2.24) is 9.88 Å². The largest absolute Gasteiger partial charge is 0.416 e. The summed E-state index contributed by atoms with van der Waals surface area (Å²) in [5, 5.41) is 0.552. The Morgan fingerprint density at radius 1 is 1.14 bits per heavy atom. The van der Waals surface area contributed by atoms with E-state index in [4.69, 9.17) is 0 Å². The molecule has 0 atom stereocenters. The summed E-state index contributed by atoms with van der Waals surface area (Å²) >= 11 is 1.21. The maximum absolute atomic E-state index is 12.5. The van der Waals surface area contributed by atoms with Crippen molar-refractivity contribution in [1.29, 1.82) is 0 Å². The molecule has 1 aliphatic rings. The third-order valence-corrected chi connectivity index (χ3v) is 4.60. The van der Waals surface area contributed by atoms with Crippen LogP contribution in [0.1, 0.15) is 28.1 Å². The molecule has 1 fully saturated rings. The van der Waals surface area contributed by atoms with Gasteiger partial charge in [-0.15, -0.1) is 11.3 Å². The second-order valence-corrected chi connectivity index (χ2v) is 6.13. The van der Waals surface area contributed by atoms with Crippen molar-refractivity contribution >= 4 is 17.2 Å². The van der Waals surface area contributed by atoms with Gasteiger partial charge in [-0.05, 0) is 25.0 Å². The number of hydrogen-bond donors (Lipinski definition) is 0. The Bertz CT molecular complexity index is 673. The number of aromatic nitrogens is 1. The van der Waals surface area contributed by atoms with Gasteiger partial charge in [-0.1, -0.05) is 12.1 Å². The minimum atomic E-state index is -4.35. The molecule has 0 aliphatic carbocycles. The second-order valence-electron chi connectivity index (χ2n) is 5.10. The van der Waals surface area contributed by atoms with E-state index in [-0.39, 0.29) is 5.91 Å². The highest BCUT2D eigenvalue weighted by molar-refractivity contribution is 7.16. The number of halogens is 3. The van der Waals surface area contributed by atoms with Gasteiger partial charge in [0.2, 0.25) is 0 Å². The van der Waals surface area contributed by atoms with Crippen LogP contribution in [0.2, 0.25) is 0 Å². The summed E-state index contributed by atoms with van der Waals surface area (Å²) in [5.74, 6) is -0.0480. The average Bonchev–Trinajstić information content (AvgIpc) is 3.17. The number of nitrogens with zero attached hydrogens (tertiary/aromatic N) is 2. The number of alkyl halides is 3. The molecular formula is C15H13F3N2OS. The highest BCUT2D eigenvalue weighted by Crippen LogP contribution is 2.32. The first-order valence-electron chi connectivity index (χ1n) is 6.88. The molecule has 116 valence electrons. The van der Waals surface area contributed by atoms with E-state index in [1.807, 2.05) is 0 Å². The van der Waals surface area contributed by atoms with Crippen LogP contribution in [0.5, 0.6) is 0 Å². The maximum atomic E-state index is 12.5. The molecule has 22 heavy (non-hydrogen) atoms. The Kier molecular flexibility index (Phi) is 3.90. The van der Waals surface area contributed by atoms with E-state index in [2.05, 4.69) is 4.98 Å². The van der Waals surface area contributed by atoms with Crippen molar-refractivity contribution in [3.05, 3.63) is 40.9 Å². The third-order valence-electron chi connectivity index (χ3n) is 3.57. The number of carbonyl (C=O) groups is 1. The zero-order valence-corrected chi connectivity index (χ0v) is 12.4. The lowest BCUT2D eigenvalue weighted by Crippen LogP contribution is -2.26. The van der Waals surface area contributed by atoms with Crippen LogP contribution in [0.15, 0.2) is 30.5 Å². The predicted octanol–water partition coefficient (Wildman–Crippen LogP) is 4.06. The van der Waals surface area contributed by atoms with Crippen molar-refractivity contribution in [2.75, 3.05) is 13.1 Å². The van der Waals surface area contributed by atoms with E-state index >= 15 is 0 Å². The van der Waals surface area contributed by atoms with E-state index in [1.54, 1.807) is 4.90 Å². The van der Waals surface area contributed by atoms with Gasteiger partial charge in [-0.25, -0.2) is 4.98 Å². The number of rotatable bonds is 2. The normalized spacial score (nSPS) is 15.3. The predicted molar refractivity (Wildman–Crippen MR) is 77.7 cm³/mol. The summed E-state index contributed by atoms with van der Waals surface area (Å²) in [4.78, 5) is 18.7. The standard InChI is InChI=1S/C15H13F3N2OS/c16-15(17,18)11-5-3-10(4-6-11)13-19-9-12(22-13)14(21)20-7-1-2-8-20/h3-6,9H,1-2,7-8H2. The smallest absolute Gasteiger partial charge is 0.338 e. The fourth-order valence-electron chi connectivity index (χ4n) is 2.38. The summed E-state index contributed by atoms with van der Waals surface area (Å²) in [6, 6.07) is 4.81. The van der Waals surface area contributed by atoms with Gasteiger partial charge in [0.25, 0.3) is 5.91 Å². The van der Waals surface area contributed by atoms with Crippen LogP contribution in [-0.4, -0.2) is 28.9 Å². The molecule has 1 aliphatic heterocycles. The lowest BCUT2D eigenvalue weighted by Gasteiger charge is -2.12. The SMILES string of the molecule is O=C(c1cnc(-c2ccc(C(F)(F)F)cc2)s1)N1CCCC1. The van der Waals surface area contributed by atoms with Gasteiger partial charge in [0.05, 0.1) is 11.8 Å². The number of carbonyl (C=O) groups excluding carboxylic acids is 1. The Labute approximate surface area is 129 Å². The molecule has 1 amide bonds. The molecule has 0 N–H and O–H groups in total. The number of thiazole rings is 1. The molecule has 3 rings (SSSR count). The molecule has 0 spiro atoms. The number of benzene rings is 1. The molecule has 3 nitrogen and oxygen atoms in total. The fraction of sp³-hybridized carbons (Fsp3) is 0.333. The molecule has 1 aromatic heterocycles. The zero-order chi connectivity index (χ0) is 15.7. The van der Waals surface area contributed by atoms with Crippen molar-refractivity contribution in [2.45, 2.75) is 19.0 Å². The first-order chi connectivity index (χ1) is 10.4. The lowest BCUT2D eigenvalue weighted by molar-refractivity contribution is -0.137. The number of likely N-dealkylation sites (tertiary alicyclic amines) is 1. The van der Waals surface area contributed by atoms with Crippen LogP contribution in [0.4, 0.5) is 13.2 Å². The van der Waals surface area contributed by atoms with E-state index in [0.29, 0.717) is 15.4 Å². The Hall–Kier alpha value is -1.89. The molecular weight excluding hydrogens is 313 g/mol. The van der Waals surface area contributed by atoms with Crippen LogP contribution in [0.3, 0.4) is 0 Å². The Balaban J connectivity index is 1.80. The van der Waals surface area contributed by atoms with Crippen molar-refractivity contribution < 1.29 is 18.0 Å². The minimum absolute atomic E-state index is 0.0480. The summed E-state index contributed by atoms with van der Waals surface area (Å²) in [6.45, 7) is 1.51. The summed E-state index contributed by atoms with van der Waals surface area (Å²) in [6.07, 6.45) is -0.830. The van der Waals surface area contributed by atoms with E-state index in [0.717, 1.165) is 38.1 Å². The minimum Gasteiger partial charge on any atom is -0.338 e. The zero-order valence-electron chi connectivity index (χ0n) is 11.6. The summed E-state index contributed by atoms with van der Waals surface area (Å²) < 4.78 is 37.6. The molecule has 2 aromatic rings. The van der Waals surface area contributed by atoms with Crippen molar-refractivity contribution in [3.8, 4) is 10.6 Å². The van der Waals surface area contributed by atoms with E-state index in [9.17, 15) is 18.0 Å². The molecule has 0 radical (unpaired) electrons. The van der Waals surface area contributed by atoms with Gasteiger partial charge in [-0.3, -0.25) is 4.79 Å². The molecule has 0 saturated carbocycles. The first kappa shape index (κ1) is 15.0. The third kappa shape index (κ3) is 2.99. The Morgan fingerprint density at radius 2 is 1.77 bits per heavy atom. The maximum Gasteiger partial charge on any atom is 0.416 e. The summed E-state index contributed by atoms with van der Waals surface area (Å²) in [5.41, 5.74) is -0.111. The van der Waals surface area contributed by atoms with Crippen LogP contribution in [-0.2, 0) is 6.18 Å². The van der Waals surface area contributed by atoms with Crippen molar-refractivity contribution in [3.63, 3.8) is 0 Å². The van der Waals surface area contributed by atoms with Crippen LogP contribution >= 0.6 is 11.3 Å². The number of amides is 1. The first-order valence-corrected chi connectivity index (χ1v) is 7.69. The van der Waals surface area contributed by atoms with Gasteiger partial charge < -0.3 is 4.90 Å². The van der Waals surface area contributed by atoms with Gasteiger partial charge in [-0.2, -0.15) is 13.2 Å². The molecule has 1 aromatic carbocycles. The average molecular weight is 326 g/mol. The monoisotopic (exact) mass is 326 g/mol. The lowest BCUT2D eigenvalue weighted by atomic mass is 10.1. The molecule has 2 heterocycles. The van der Waals surface area contributed by atoms with E-state index < -0.39 is 11.7 Å². The molecule has 0 bridgehead atoms. The quantitative estimate of drug-likeness (QED) is 0.834. The van der Waals surface area contributed by atoms with E-state index in [1.165, 1.54) is 29.7 Å². The number of hydrogen-bond acceptors (Lipinski definition) is 3. The Morgan fingerprint density at radius 3 is 2.36 bits per heavy atom. The topological polar surface area (TPSA) is 33.2 Å². The van der Waals surface area contributed by atoms with Gasteiger partial charge in [0.1, 0.15) is 9.88 Å². The van der Waals surface area contributed by atoms with Gasteiger partial charge >= 0.3 is 6.18 Å². The summed E-state index contributed by atoms with van der Waals surface area (Å²) in [7, 11) is 0. The van der Waals surface area contributed by atoms with Crippen LogP contribution < -0.4 is 0 Å². The van der Waals surface area contributed by atoms with Gasteiger partial charge in [0.15, 0.2) is 0 Å². The molecule has 7 heteroatoms. The fourth-order valence-corrected chi connectivity index (χ4v) is 3.27. The van der Waals surface area contributed by atoms with Crippen LogP contribution in [0.25, 0.3) is 10.6 Å². The second kappa shape index (κ2) is 5.72. The highest BCUT2D eigenvalue weighted by Gasteiger charge is 2.30. The van der Waals surface area contributed by atoms with Crippen LogP contribution in [0, 0.1) is 0 Å².